The molecule has 1 aliphatic heterocycles. The van der Waals surface area contributed by atoms with Gasteiger partial charge in [0.2, 0.25) is 16.8 Å². The summed E-state index contributed by atoms with van der Waals surface area (Å²) in [6.07, 6.45) is 0.789. The van der Waals surface area contributed by atoms with Crippen molar-refractivity contribution >= 4 is 16.0 Å². The van der Waals surface area contributed by atoms with Crippen molar-refractivity contribution in [3.8, 4) is 11.5 Å². The maximum atomic E-state index is 13.5. The van der Waals surface area contributed by atoms with Crippen molar-refractivity contribution in [3.05, 3.63) is 89.5 Å². The van der Waals surface area contributed by atoms with Gasteiger partial charge in [0.15, 0.2) is 11.5 Å². The van der Waals surface area contributed by atoms with E-state index in [0.29, 0.717) is 17.9 Å². The van der Waals surface area contributed by atoms with E-state index in [1.165, 1.54) is 11.4 Å². The number of hydrogen-bond acceptors (Lipinski definition) is 6. The van der Waals surface area contributed by atoms with Gasteiger partial charge in [-0.25, -0.2) is 8.42 Å². The summed E-state index contributed by atoms with van der Waals surface area (Å²) in [4.78, 5) is 11.7. The molecule has 0 bridgehead atoms. The van der Waals surface area contributed by atoms with Gasteiger partial charge in [0.1, 0.15) is 0 Å². The molecule has 8 heteroatoms. The van der Waals surface area contributed by atoms with Gasteiger partial charge in [0, 0.05) is 19.5 Å². The molecule has 0 aromatic heterocycles. The summed E-state index contributed by atoms with van der Waals surface area (Å²) in [6, 6.07) is 21.4. The van der Waals surface area contributed by atoms with Crippen LogP contribution in [0, 0.1) is 0 Å². The molecular formula is C25H25NO6S. The standard InChI is InChI=1S/C25H25NO6S/c1-30-25(27)13-11-19-6-5-7-20(14-19)16-26(33(28,29)22-8-3-2-4-9-22)17-21-10-12-23-24(15-21)32-18-31-23/h2-10,12,14-15H,11,13,16-18H2,1H3. The third kappa shape index (κ3) is 5.53. The number of rotatable bonds is 9. The number of aryl methyl sites for hydroxylation is 1. The lowest BCUT2D eigenvalue weighted by molar-refractivity contribution is -0.140. The second-order valence-corrected chi connectivity index (χ2v) is 9.61. The molecule has 0 saturated heterocycles. The van der Waals surface area contributed by atoms with Crippen molar-refractivity contribution in [1.82, 2.24) is 4.31 Å². The summed E-state index contributed by atoms with van der Waals surface area (Å²) in [6.45, 7) is 0.501. The molecule has 3 aromatic carbocycles. The van der Waals surface area contributed by atoms with Gasteiger partial charge in [-0.05, 0) is 47.4 Å². The third-order valence-electron chi connectivity index (χ3n) is 5.37. The van der Waals surface area contributed by atoms with Gasteiger partial charge >= 0.3 is 5.97 Å². The largest absolute Gasteiger partial charge is 0.469 e. The topological polar surface area (TPSA) is 82.1 Å². The van der Waals surface area contributed by atoms with Gasteiger partial charge in [-0.15, -0.1) is 0 Å². The first kappa shape index (κ1) is 22.8. The summed E-state index contributed by atoms with van der Waals surface area (Å²) in [5.41, 5.74) is 2.57. The number of hydrogen-bond donors (Lipinski definition) is 0. The predicted molar refractivity (Wildman–Crippen MR) is 122 cm³/mol. The Morgan fingerprint density at radius 3 is 2.33 bits per heavy atom. The molecule has 7 nitrogen and oxygen atoms in total. The molecule has 0 aliphatic carbocycles. The Balaban J connectivity index is 1.61. The number of carbonyl (C=O) groups is 1. The van der Waals surface area contributed by atoms with Crippen LogP contribution < -0.4 is 9.47 Å². The molecule has 1 aliphatic rings. The van der Waals surface area contributed by atoms with E-state index in [0.717, 1.165) is 16.7 Å². The molecule has 172 valence electrons. The van der Waals surface area contributed by atoms with Crippen LogP contribution in [0.1, 0.15) is 23.1 Å². The molecule has 0 saturated carbocycles. The lowest BCUT2D eigenvalue weighted by Crippen LogP contribution is -2.30. The molecule has 33 heavy (non-hydrogen) atoms. The van der Waals surface area contributed by atoms with E-state index in [9.17, 15) is 13.2 Å². The summed E-state index contributed by atoms with van der Waals surface area (Å²) < 4.78 is 44.0. The van der Waals surface area contributed by atoms with Gasteiger partial charge in [0.25, 0.3) is 0 Å². The fourth-order valence-corrected chi connectivity index (χ4v) is 5.08. The highest BCUT2D eigenvalue weighted by atomic mass is 32.2. The molecule has 0 amide bonds. The Bertz CT molecular complexity index is 1230. The van der Waals surface area contributed by atoms with Crippen LogP contribution in [0.2, 0.25) is 0 Å². The first-order valence-corrected chi connectivity index (χ1v) is 12.0. The van der Waals surface area contributed by atoms with E-state index in [2.05, 4.69) is 0 Å². The first-order valence-electron chi connectivity index (χ1n) is 10.5. The van der Waals surface area contributed by atoms with Crippen molar-refractivity contribution < 1.29 is 27.4 Å². The van der Waals surface area contributed by atoms with Gasteiger partial charge in [-0.1, -0.05) is 48.5 Å². The second kappa shape index (κ2) is 10.1. The average Bonchev–Trinajstić information content (AvgIpc) is 3.31. The van der Waals surface area contributed by atoms with Gasteiger partial charge in [0.05, 0.1) is 12.0 Å². The molecular weight excluding hydrogens is 442 g/mol. The van der Waals surface area contributed by atoms with Crippen molar-refractivity contribution in [2.45, 2.75) is 30.8 Å². The summed E-state index contributed by atoms with van der Waals surface area (Å²) in [5, 5.41) is 0. The van der Waals surface area contributed by atoms with E-state index >= 15 is 0 Å². The molecule has 0 unspecified atom stereocenters. The van der Waals surface area contributed by atoms with Crippen LogP contribution in [0.4, 0.5) is 0 Å². The van der Waals surface area contributed by atoms with E-state index < -0.39 is 10.0 Å². The summed E-state index contributed by atoms with van der Waals surface area (Å²) in [5.74, 6) is 0.973. The van der Waals surface area contributed by atoms with Crippen LogP contribution in [0.3, 0.4) is 0 Å². The molecule has 0 spiro atoms. The number of nitrogens with zero attached hydrogens (tertiary/aromatic N) is 1. The number of sulfonamides is 1. The van der Waals surface area contributed by atoms with E-state index in [1.807, 2.05) is 36.4 Å². The van der Waals surface area contributed by atoms with Crippen LogP contribution in [0.5, 0.6) is 11.5 Å². The minimum atomic E-state index is -3.77. The van der Waals surface area contributed by atoms with Gasteiger partial charge in [-0.2, -0.15) is 4.31 Å². The minimum absolute atomic E-state index is 0.156. The highest BCUT2D eigenvalue weighted by molar-refractivity contribution is 7.89. The Labute approximate surface area is 193 Å². The van der Waals surface area contributed by atoms with Crippen molar-refractivity contribution in [2.75, 3.05) is 13.9 Å². The lowest BCUT2D eigenvalue weighted by atomic mass is 10.1. The Morgan fingerprint density at radius 1 is 0.879 bits per heavy atom. The molecule has 0 N–H and O–H groups in total. The summed E-state index contributed by atoms with van der Waals surface area (Å²) in [7, 11) is -2.40. The Hall–Kier alpha value is -3.36. The van der Waals surface area contributed by atoms with Crippen LogP contribution in [-0.2, 0) is 39.1 Å². The third-order valence-corrected chi connectivity index (χ3v) is 7.18. The first-order chi connectivity index (χ1) is 16.0. The van der Waals surface area contributed by atoms with E-state index in [4.69, 9.17) is 14.2 Å². The minimum Gasteiger partial charge on any atom is -0.469 e. The number of methoxy groups -OCH3 is 1. The molecule has 0 fully saturated rings. The molecule has 0 atom stereocenters. The molecule has 3 aromatic rings. The van der Waals surface area contributed by atoms with E-state index in [1.54, 1.807) is 36.4 Å². The zero-order valence-electron chi connectivity index (χ0n) is 18.3. The predicted octanol–water partition coefficient (Wildman–Crippen LogP) is 3.91. The zero-order chi connectivity index (χ0) is 23.3. The maximum absolute atomic E-state index is 13.5. The van der Waals surface area contributed by atoms with Crippen LogP contribution >= 0.6 is 0 Å². The van der Waals surface area contributed by atoms with Crippen LogP contribution in [0.15, 0.2) is 77.7 Å². The average molecular weight is 468 g/mol. The Morgan fingerprint density at radius 2 is 1.58 bits per heavy atom. The highest BCUT2D eigenvalue weighted by Crippen LogP contribution is 2.33. The number of carbonyl (C=O) groups excluding carboxylic acids is 1. The smallest absolute Gasteiger partial charge is 0.305 e. The molecule has 0 radical (unpaired) electrons. The molecule has 1 heterocycles. The summed E-state index contributed by atoms with van der Waals surface area (Å²) >= 11 is 0. The van der Waals surface area contributed by atoms with Crippen LogP contribution in [-0.4, -0.2) is 32.6 Å². The van der Waals surface area contributed by atoms with Crippen molar-refractivity contribution in [2.24, 2.45) is 0 Å². The van der Waals surface area contributed by atoms with Gasteiger partial charge in [-0.3, -0.25) is 4.79 Å². The SMILES string of the molecule is COC(=O)CCc1cccc(CN(Cc2ccc3c(c2)OCO3)S(=O)(=O)c2ccccc2)c1. The maximum Gasteiger partial charge on any atom is 0.305 e. The van der Waals surface area contributed by atoms with E-state index in [-0.39, 0.29) is 37.2 Å². The number of benzene rings is 3. The number of esters is 1. The number of ether oxygens (including phenoxy) is 3. The fraction of sp³-hybridized carbons (Fsp3) is 0.240. The number of fused-ring (bicyclic) bond motifs is 1. The van der Waals surface area contributed by atoms with Crippen molar-refractivity contribution in [1.29, 1.82) is 0 Å². The monoisotopic (exact) mass is 467 g/mol. The fourth-order valence-electron chi connectivity index (χ4n) is 3.65. The van der Waals surface area contributed by atoms with Gasteiger partial charge < -0.3 is 14.2 Å². The highest BCUT2D eigenvalue weighted by Gasteiger charge is 2.26. The Kier molecular flexibility index (Phi) is 6.96. The second-order valence-electron chi connectivity index (χ2n) is 7.67. The quantitative estimate of drug-likeness (QED) is 0.444. The van der Waals surface area contributed by atoms with Crippen molar-refractivity contribution in [3.63, 3.8) is 0 Å². The normalized spacial score (nSPS) is 12.7. The molecule has 4 rings (SSSR count). The zero-order valence-corrected chi connectivity index (χ0v) is 19.1. The van der Waals surface area contributed by atoms with Crippen LogP contribution in [0.25, 0.3) is 0 Å². The lowest BCUT2D eigenvalue weighted by Gasteiger charge is -2.23.